The molecule has 35 heavy (non-hydrogen) atoms. The van der Waals surface area contributed by atoms with Crippen LogP contribution in [0.1, 0.15) is 43.5 Å². The summed E-state index contributed by atoms with van der Waals surface area (Å²) >= 11 is 0. The van der Waals surface area contributed by atoms with Crippen LogP contribution in [0.25, 0.3) is 10.9 Å². The minimum atomic E-state index is -0.265. The Morgan fingerprint density at radius 3 is 2.80 bits per heavy atom. The van der Waals surface area contributed by atoms with E-state index in [4.69, 9.17) is 0 Å². The highest BCUT2D eigenvalue weighted by Gasteiger charge is 2.26. The van der Waals surface area contributed by atoms with Gasteiger partial charge in [0.15, 0.2) is 5.82 Å². The van der Waals surface area contributed by atoms with E-state index in [1.807, 2.05) is 18.3 Å². The average Bonchev–Trinajstić information content (AvgIpc) is 3.79. The van der Waals surface area contributed by atoms with Crippen LogP contribution < -0.4 is 16.2 Å². The second-order valence-corrected chi connectivity index (χ2v) is 10.1. The van der Waals surface area contributed by atoms with E-state index in [1.54, 1.807) is 19.3 Å². The van der Waals surface area contributed by atoms with E-state index in [0.717, 1.165) is 48.1 Å². The quantitative estimate of drug-likeness (QED) is 0.349. The van der Waals surface area contributed by atoms with E-state index in [2.05, 4.69) is 30.5 Å². The fraction of sp³-hybridized carbons (Fsp3) is 0.538. The van der Waals surface area contributed by atoms with Crippen LogP contribution in [0, 0.1) is 18.8 Å². The maximum absolute atomic E-state index is 13.0. The van der Waals surface area contributed by atoms with Crippen molar-refractivity contribution in [2.24, 2.45) is 11.8 Å². The summed E-state index contributed by atoms with van der Waals surface area (Å²) in [6, 6.07) is 3.91. The van der Waals surface area contributed by atoms with Gasteiger partial charge in [0.05, 0.1) is 24.0 Å². The van der Waals surface area contributed by atoms with Gasteiger partial charge in [0.2, 0.25) is 5.91 Å². The number of amides is 1. The van der Waals surface area contributed by atoms with E-state index >= 15 is 0 Å². The van der Waals surface area contributed by atoms with E-state index < -0.39 is 0 Å². The second kappa shape index (κ2) is 10.6. The Bertz CT molecular complexity index is 1230. The summed E-state index contributed by atoms with van der Waals surface area (Å²) in [6.45, 7) is 5.92. The fourth-order valence-corrected chi connectivity index (χ4v) is 4.43. The second-order valence-electron chi connectivity index (χ2n) is 10.1. The molecule has 5 rings (SSSR count). The number of aromatic nitrogens is 4. The minimum Gasteiger partial charge on any atom is -0.364 e. The standard InChI is InChI=1S/C26H35N7O2/c1-18-13-31-25(28-9-11-32(16-20-4-5-20)10-7-19-2-3-19)26(35)33(18)17-24(34)30-14-22-12-21-6-8-27-23(21)15-29-22/h6,8,12-13,15,19-20,27H,2-5,7,9-11,14,16-17H2,1H3,(H,28,31)(H,30,34). The molecule has 0 spiro atoms. The lowest BCUT2D eigenvalue weighted by Gasteiger charge is -2.22. The van der Waals surface area contributed by atoms with Crippen molar-refractivity contribution in [3.63, 3.8) is 0 Å². The molecule has 0 aromatic carbocycles. The summed E-state index contributed by atoms with van der Waals surface area (Å²) in [5.41, 5.74) is 2.11. The highest BCUT2D eigenvalue weighted by molar-refractivity contribution is 5.79. The number of aryl methyl sites for hydroxylation is 1. The predicted octanol–water partition coefficient (Wildman–Crippen LogP) is 2.67. The molecule has 0 radical (unpaired) electrons. The third-order valence-corrected chi connectivity index (χ3v) is 7.00. The van der Waals surface area contributed by atoms with Gasteiger partial charge in [-0.15, -0.1) is 0 Å². The molecule has 0 saturated heterocycles. The molecule has 3 aromatic rings. The van der Waals surface area contributed by atoms with Crippen molar-refractivity contribution in [1.82, 2.24) is 29.7 Å². The highest BCUT2D eigenvalue weighted by Crippen LogP contribution is 2.33. The monoisotopic (exact) mass is 477 g/mol. The van der Waals surface area contributed by atoms with Crippen LogP contribution in [0.5, 0.6) is 0 Å². The SMILES string of the molecule is Cc1cnc(NCCN(CCC2CC2)CC2CC2)c(=O)n1CC(=O)NCc1cc2cc[nH]c2cn1. The summed E-state index contributed by atoms with van der Waals surface area (Å²) < 4.78 is 1.47. The van der Waals surface area contributed by atoms with E-state index in [-0.39, 0.29) is 18.0 Å². The van der Waals surface area contributed by atoms with E-state index in [0.29, 0.717) is 24.6 Å². The largest absolute Gasteiger partial charge is 0.364 e. The van der Waals surface area contributed by atoms with Gasteiger partial charge >= 0.3 is 0 Å². The molecule has 2 saturated carbocycles. The fourth-order valence-electron chi connectivity index (χ4n) is 4.43. The topological polar surface area (TPSA) is 108 Å². The molecular weight excluding hydrogens is 442 g/mol. The van der Waals surface area contributed by atoms with Crippen molar-refractivity contribution < 1.29 is 4.79 Å². The van der Waals surface area contributed by atoms with E-state index in [9.17, 15) is 9.59 Å². The first-order chi connectivity index (χ1) is 17.0. The van der Waals surface area contributed by atoms with Gasteiger partial charge in [0.1, 0.15) is 6.54 Å². The van der Waals surface area contributed by atoms with Gasteiger partial charge in [-0.05, 0) is 56.7 Å². The average molecular weight is 478 g/mol. The van der Waals surface area contributed by atoms with Gasteiger partial charge in [0, 0.05) is 43.1 Å². The van der Waals surface area contributed by atoms with Crippen LogP contribution in [-0.4, -0.2) is 56.5 Å². The zero-order valence-electron chi connectivity index (χ0n) is 20.4. The zero-order valence-corrected chi connectivity index (χ0v) is 20.4. The Morgan fingerprint density at radius 2 is 2.00 bits per heavy atom. The highest BCUT2D eigenvalue weighted by atomic mass is 16.2. The summed E-state index contributed by atoms with van der Waals surface area (Å²) in [7, 11) is 0. The lowest BCUT2D eigenvalue weighted by atomic mass is 10.2. The van der Waals surface area contributed by atoms with Crippen LogP contribution in [-0.2, 0) is 17.9 Å². The van der Waals surface area contributed by atoms with Gasteiger partial charge in [0.25, 0.3) is 5.56 Å². The molecule has 186 valence electrons. The predicted molar refractivity (Wildman–Crippen MR) is 136 cm³/mol. The number of anilines is 1. The molecule has 3 N–H and O–H groups in total. The zero-order chi connectivity index (χ0) is 24.2. The minimum absolute atomic E-state index is 0.0521. The number of rotatable bonds is 13. The maximum Gasteiger partial charge on any atom is 0.293 e. The molecule has 2 fully saturated rings. The van der Waals surface area contributed by atoms with Crippen LogP contribution in [0.3, 0.4) is 0 Å². The van der Waals surface area contributed by atoms with Crippen LogP contribution in [0.15, 0.2) is 35.5 Å². The number of hydrogen-bond acceptors (Lipinski definition) is 6. The van der Waals surface area contributed by atoms with Crippen molar-refractivity contribution >= 4 is 22.6 Å². The van der Waals surface area contributed by atoms with Crippen LogP contribution >= 0.6 is 0 Å². The van der Waals surface area contributed by atoms with Crippen molar-refractivity contribution in [3.05, 3.63) is 52.5 Å². The number of carbonyl (C=O) groups excluding carboxylic acids is 1. The lowest BCUT2D eigenvalue weighted by Crippen LogP contribution is -2.36. The van der Waals surface area contributed by atoms with Crippen molar-refractivity contribution in [1.29, 1.82) is 0 Å². The Morgan fingerprint density at radius 1 is 1.17 bits per heavy atom. The number of aromatic amines is 1. The summed E-state index contributed by atoms with van der Waals surface area (Å²) in [5, 5.41) is 7.14. The Kier molecular flexibility index (Phi) is 7.13. The molecule has 0 aliphatic heterocycles. The van der Waals surface area contributed by atoms with Gasteiger partial charge in [-0.2, -0.15) is 0 Å². The number of nitrogens with one attached hydrogen (secondary N) is 3. The first kappa shape index (κ1) is 23.5. The molecular formula is C26H35N7O2. The number of carbonyl (C=O) groups is 1. The van der Waals surface area contributed by atoms with Gasteiger partial charge in [-0.25, -0.2) is 4.98 Å². The Balaban J connectivity index is 1.14. The Labute approximate surface area is 205 Å². The summed E-state index contributed by atoms with van der Waals surface area (Å²) in [6.07, 6.45) is 12.0. The molecule has 2 aliphatic rings. The van der Waals surface area contributed by atoms with Gasteiger partial charge in [-0.3, -0.25) is 19.1 Å². The third kappa shape index (κ3) is 6.48. The molecule has 3 heterocycles. The molecule has 1 amide bonds. The van der Waals surface area contributed by atoms with E-state index in [1.165, 1.54) is 36.7 Å². The molecule has 2 aliphatic carbocycles. The normalized spacial score (nSPS) is 15.6. The number of fused-ring (bicyclic) bond motifs is 1. The van der Waals surface area contributed by atoms with Gasteiger partial charge < -0.3 is 20.5 Å². The molecule has 0 bridgehead atoms. The molecule has 9 heteroatoms. The summed E-state index contributed by atoms with van der Waals surface area (Å²) in [5.74, 6) is 1.84. The number of nitrogens with zero attached hydrogens (tertiary/aromatic N) is 4. The molecule has 3 aromatic heterocycles. The lowest BCUT2D eigenvalue weighted by molar-refractivity contribution is -0.121. The molecule has 0 atom stereocenters. The van der Waals surface area contributed by atoms with Crippen LogP contribution in [0.2, 0.25) is 0 Å². The molecule has 9 nitrogen and oxygen atoms in total. The van der Waals surface area contributed by atoms with Gasteiger partial charge in [-0.1, -0.05) is 12.8 Å². The number of H-pyrrole nitrogens is 1. The number of pyridine rings is 1. The molecule has 0 unspecified atom stereocenters. The van der Waals surface area contributed by atoms with Crippen molar-refractivity contribution in [2.75, 3.05) is 31.5 Å². The first-order valence-corrected chi connectivity index (χ1v) is 12.8. The van der Waals surface area contributed by atoms with Crippen molar-refractivity contribution in [3.8, 4) is 0 Å². The summed E-state index contributed by atoms with van der Waals surface area (Å²) in [4.78, 5) is 39.9. The van der Waals surface area contributed by atoms with Crippen molar-refractivity contribution in [2.45, 2.75) is 52.1 Å². The number of hydrogen-bond donors (Lipinski definition) is 3. The smallest absolute Gasteiger partial charge is 0.293 e. The Hall–Kier alpha value is -3.20. The first-order valence-electron chi connectivity index (χ1n) is 12.8. The third-order valence-electron chi connectivity index (χ3n) is 7.00. The maximum atomic E-state index is 13.0. The van der Waals surface area contributed by atoms with Crippen LogP contribution in [0.4, 0.5) is 5.82 Å².